The number of hydrogen-bond acceptors (Lipinski definition) is 6. The third-order valence-corrected chi connectivity index (χ3v) is 8.92. The first-order chi connectivity index (χ1) is 15.5. The molecule has 2 saturated heterocycles. The molecule has 2 aliphatic rings. The number of thioether (sulfide) groups is 1. The van der Waals surface area contributed by atoms with Gasteiger partial charge < -0.3 is 4.90 Å². The predicted molar refractivity (Wildman–Crippen MR) is 123 cm³/mol. The lowest BCUT2D eigenvalue weighted by atomic mass is 10.2. The number of carbonyl (C=O) groups is 1. The quantitative estimate of drug-likeness (QED) is 0.513. The van der Waals surface area contributed by atoms with Crippen LogP contribution in [0.25, 0.3) is 5.65 Å². The molecule has 0 aliphatic carbocycles. The summed E-state index contributed by atoms with van der Waals surface area (Å²) in [5, 5.41) is 9.12. The summed E-state index contributed by atoms with van der Waals surface area (Å²) in [6.07, 6.45) is 6.17. The SMILES string of the molecule is O=C1CCCN1c1ccc(CSc2nnc3c(S(=O)(=O)N4CCCCC4)cccn23)cc1. The van der Waals surface area contributed by atoms with Gasteiger partial charge in [0.05, 0.1) is 0 Å². The van der Waals surface area contributed by atoms with Gasteiger partial charge in [0.25, 0.3) is 0 Å². The van der Waals surface area contributed by atoms with Crippen molar-refractivity contribution in [2.75, 3.05) is 24.5 Å². The molecule has 0 saturated carbocycles. The largest absolute Gasteiger partial charge is 0.312 e. The highest BCUT2D eigenvalue weighted by Crippen LogP contribution is 2.28. The molecule has 3 aromatic rings. The van der Waals surface area contributed by atoms with Gasteiger partial charge in [0.2, 0.25) is 15.9 Å². The second-order valence-corrected chi connectivity index (χ2v) is 11.0. The molecule has 2 aromatic heterocycles. The molecular formula is C22H25N5O3S2. The summed E-state index contributed by atoms with van der Waals surface area (Å²) < 4.78 is 29.6. The molecule has 10 heteroatoms. The summed E-state index contributed by atoms with van der Waals surface area (Å²) >= 11 is 1.50. The van der Waals surface area contributed by atoms with Gasteiger partial charge in [-0.3, -0.25) is 9.20 Å². The number of rotatable bonds is 6. The number of sulfonamides is 1. The van der Waals surface area contributed by atoms with E-state index in [-0.39, 0.29) is 10.8 Å². The Hall–Kier alpha value is -2.43. The molecule has 2 aliphatic heterocycles. The van der Waals surface area contributed by atoms with Crippen molar-refractivity contribution in [3.8, 4) is 0 Å². The summed E-state index contributed by atoms with van der Waals surface area (Å²) in [4.78, 5) is 14.0. The highest BCUT2D eigenvalue weighted by atomic mass is 32.2. The van der Waals surface area contributed by atoms with Crippen molar-refractivity contribution in [3.05, 3.63) is 48.2 Å². The maximum Gasteiger partial charge on any atom is 0.246 e. The minimum absolute atomic E-state index is 0.178. The van der Waals surface area contributed by atoms with E-state index in [9.17, 15) is 13.2 Å². The smallest absolute Gasteiger partial charge is 0.246 e. The van der Waals surface area contributed by atoms with Crippen LogP contribution in [0.15, 0.2) is 52.6 Å². The van der Waals surface area contributed by atoms with E-state index in [0.29, 0.717) is 36.1 Å². The Kier molecular flexibility index (Phi) is 5.92. The molecule has 5 rings (SSSR count). The van der Waals surface area contributed by atoms with Crippen molar-refractivity contribution >= 4 is 39.0 Å². The van der Waals surface area contributed by atoms with Crippen LogP contribution in [0.5, 0.6) is 0 Å². The molecule has 0 N–H and O–H groups in total. The molecule has 2 fully saturated rings. The van der Waals surface area contributed by atoms with Crippen molar-refractivity contribution < 1.29 is 13.2 Å². The van der Waals surface area contributed by atoms with Crippen molar-refractivity contribution in [1.82, 2.24) is 18.9 Å². The molecule has 4 heterocycles. The number of hydrogen-bond donors (Lipinski definition) is 0. The van der Waals surface area contributed by atoms with Gasteiger partial charge in [-0.1, -0.05) is 30.3 Å². The molecular weight excluding hydrogens is 446 g/mol. The van der Waals surface area contributed by atoms with E-state index in [1.54, 1.807) is 27.0 Å². The molecule has 0 spiro atoms. The fourth-order valence-electron chi connectivity index (χ4n) is 4.26. The molecule has 32 heavy (non-hydrogen) atoms. The van der Waals surface area contributed by atoms with Crippen LogP contribution in [-0.4, -0.2) is 52.9 Å². The van der Waals surface area contributed by atoms with Crippen LogP contribution < -0.4 is 4.90 Å². The minimum atomic E-state index is -3.59. The Balaban J connectivity index is 1.33. The maximum atomic E-state index is 13.2. The molecule has 8 nitrogen and oxygen atoms in total. The van der Waals surface area contributed by atoms with Crippen LogP contribution in [0.2, 0.25) is 0 Å². The average Bonchev–Trinajstić information content (AvgIpc) is 3.44. The summed E-state index contributed by atoms with van der Waals surface area (Å²) in [5.41, 5.74) is 2.39. The highest BCUT2D eigenvalue weighted by molar-refractivity contribution is 7.98. The van der Waals surface area contributed by atoms with E-state index in [1.165, 1.54) is 11.8 Å². The molecule has 0 radical (unpaired) electrons. The van der Waals surface area contributed by atoms with E-state index < -0.39 is 10.0 Å². The van der Waals surface area contributed by atoms with Gasteiger partial charge in [0.15, 0.2) is 10.8 Å². The van der Waals surface area contributed by atoms with E-state index in [0.717, 1.165) is 43.5 Å². The third-order valence-electron chi connectivity index (χ3n) is 5.99. The molecule has 168 valence electrons. The zero-order chi connectivity index (χ0) is 22.1. The topological polar surface area (TPSA) is 87.9 Å². The average molecular weight is 472 g/mol. The summed E-state index contributed by atoms with van der Waals surface area (Å²) in [7, 11) is -3.59. The molecule has 0 atom stereocenters. The Morgan fingerprint density at radius 2 is 1.72 bits per heavy atom. The first-order valence-electron chi connectivity index (χ1n) is 10.9. The second-order valence-electron chi connectivity index (χ2n) is 8.12. The lowest BCUT2D eigenvalue weighted by Crippen LogP contribution is -2.35. The van der Waals surface area contributed by atoms with Crippen molar-refractivity contribution in [3.63, 3.8) is 0 Å². The van der Waals surface area contributed by atoms with Gasteiger partial charge in [0, 0.05) is 43.7 Å². The van der Waals surface area contributed by atoms with Crippen LogP contribution in [0.1, 0.15) is 37.7 Å². The van der Waals surface area contributed by atoms with Crippen LogP contribution >= 0.6 is 11.8 Å². The van der Waals surface area contributed by atoms with Gasteiger partial charge in [-0.15, -0.1) is 10.2 Å². The number of fused-ring (bicyclic) bond motifs is 1. The van der Waals surface area contributed by atoms with Gasteiger partial charge in [0.1, 0.15) is 4.90 Å². The lowest BCUT2D eigenvalue weighted by molar-refractivity contribution is -0.117. The standard InChI is InChI=1S/C22H25N5O3S2/c28-20-7-5-14-26(20)18-10-8-17(9-11-18)16-31-22-24-23-21-19(6-4-15-27(21)22)32(29,30)25-12-2-1-3-13-25/h4,6,8-11,15H,1-3,5,7,12-14,16H2. The first kappa shape index (κ1) is 21.4. The Morgan fingerprint density at radius 1 is 0.938 bits per heavy atom. The maximum absolute atomic E-state index is 13.2. The van der Waals surface area contributed by atoms with Gasteiger partial charge in [-0.05, 0) is 49.1 Å². The molecule has 1 aromatic carbocycles. The number of anilines is 1. The van der Waals surface area contributed by atoms with Gasteiger partial charge >= 0.3 is 0 Å². The monoisotopic (exact) mass is 471 g/mol. The number of piperidine rings is 1. The van der Waals surface area contributed by atoms with E-state index >= 15 is 0 Å². The second kappa shape index (κ2) is 8.84. The highest BCUT2D eigenvalue weighted by Gasteiger charge is 2.29. The van der Waals surface area contributed by atoms with E-state index in [1.807, 2.05) is 29.2 Å². The third kappa shape index (κ3) is 4.02. The van der Waals surface area contributed by atoms with Crippen LogP contribution in [0, 0.1) is 0 Å². The zero-order valence-corrected chi connectivity index (χ0v) is 19.3. The lowest BCUT2D eigenvalue weighted by Gasteiger charge is -2.25. The zero-order valence-electron chi connectivity index (χ0n) is 17.7. The summed E-state index contributed by atoms with van der Waals surface area (Å²) in [6, 6.07) is 11.3. The summed E-state index contributed by atoms with van der Waals surface area (Å²) in [6.45, 7) is 1.89. The number of benzene rings is 1. The fourth-order valence-corrected chi connectivity index (χ4v) is 6.77. The fraction of sp³-hybridized carbons (Fsp3) is 0.409. The van der Waals surface area contributed by atoms with E-state index in [2.05, 4.69) is 10.2 Å². The van der Waals surface area contributed by atoms with Crippen LogP contribution in [-0.2, 0) is 20.6 Å². The van der Waals surface area contributed by atoms with Crippen molar-refractivity contribution in [2.24, 2.45) is 0 Å². The van der Waals surface area contributed by atoms with E-state index in [4.69, 9.17) is 0 Å². The van der Waals surface area contributed by atoms with Crippen molar-refractivity contribution in [2.45, 2.75) is 47.9 Å². The predicted octanol–water partition coefficient (Wildman–Crippen LogP) is 3.32. The van der Waals surface area contributed by atoms with Crippen molar-refractivity contribution in [1.29, 1.82) is 0 Å². The Bertz CT molecular complexity index is 1230. The Morgan fingerprint density at radius 3 is 2.44 bits per heavy atom. The molecule has 1 amide bonds. The number of carbonyl (C=O) groups excluding carboxylic acids is 1. The van der Waals surface area contributed by atoms with Gasteiger partial charge in [-0.2, -0.15) is 4.31 Å². The first-order valence-corrected chi connectivity index (χ1v) is 13.3. The summed E-state index contributed by atoms with van der Waals surface area (Å²) in [5.74, 6) is 0.843. The van der Waals surface area contributed by atoms with Crippen LogP contribution in [0.3, 0.4) is 0 Å². The molecule has 0 bridgehead atoms. The van der Waals surface area contributed by atoms with Crippen LogP contribution in [0.4, 0.5) is 5.69 Å². The van der Waals surface area contributed by atoms with Gasteiger partial charge in [-0.25, -0.2) is 8.42 Å². The Labute approximate surface area is 191 Å². The molecule has 0 unspecified atom stereocenters. The number of amides is 1. The minimum Gasteiger partial charge on any atom is -0.312 e. The number of pyridine rings is 1. The number of aromatic nitrogens is 3. The normalized spacial score (nSPS) is 18.0. The number of nitrogens with zero attached hydrogens (tertiary/aromatic N) is 5.